The number of methoxy groups -OCH3 is 2. The van der Waals surface area contributed by atoms with Gasteiger partial charge in [0, 0.05) is 39.0 Å². The maximum atomic E-state index is 12.6. The molecule has 8 heteroatoms. The first-order chi connectivity index (χ1) is 13.0. The molecular weight excluding hydrogens is 350 g/mol. The van der Waals surface area contributed by atoms with Gasteiger partial charge in [-0.1, -0.05) is 0 Å². The molecule has 2 heterocycles. The van der Waals surface area contributed by atoms with Crippen molar-refractivity contribution in [2.24, 2.45) is 0 Å². The molecule has 0 saturated carbocycles. The molecule has 3 amide bonds. The Morgan fingerprint density at radius 3 is 2.15 bits per heavy atom. The number of hydrogen-bond donors (Lipinski definition) is 1. The molecule has 1 N–H and O–H groups in total. The zero-order chi connectivity index (χ0) is 19.4. The minimum atomic E-state index is -0.155. The van der Waals surface area contributed by atoms with Crippen LogP contribution in [0.2, 0.25) is 0 Å². The number of carbonyl (C=O) groups excluding carboxylic acids is 3. The van der Waals surface area contributed by atoms with Crippen LogP contribution in [-0.4, -0.2) is 67.9 Å². The first-order valence-electron chi connectivity index (χ1n) is 9.08. The van der Waals surface area contributed by atoms with Crippen LogP contribution < -0.4 is 14.8 Å². The van der Waals surface area contributed by atoms with Crippen LogP contribution in [0.3, 0.4) is 0 Å². The van der Waals surface area contributed by atoms with Crippen LogP contribution in [0.5, 0.6) is 11.5 Å². The lowest BCUT2D eigenvalue weighted by Gasteiger charge is -2.30. The first-order valence-corrected chi connectivity index (χ1v) is 9.08. The summed E-state index contributed by atoms with van der Waals surface area (Å²) in [5.41, 5.74) is 2.18. The zero-order valence-electron chi connectivity index (χ0n) is 15.7. The van der Waals surface area contributed by atoms with Gasteiger partial charge in [-0.05, 0) is 29.7 Å². The third kappa shape index (κ3) is 4.32. The number of fused-ring (bicyclic) bond motifs is 1. The van der Waals surface area contributed by atoms with E-state index in [4.69, 9.17) is 9.47 Å². The predicted molar refractivity (Wildman–Crippen MR) is 97.5 cm³/mol. The number of carbonyl (C=O) groups is 3. The number of piperazine rings is 1. The predicted octanol–water partition coefficient (Wildman–Crippen LogP) is 0.327. The second-order valence-electron chi connectivity index (χ2n) is 6.71. The van der Waals surface area contributed by atoms with E-state index < -0.39 is 0 Å². The molecule has 0 bridgehead atoms. The Bertz CT molecular complexity index is 749. The molecular formula is C19H25N3O5. The number of amides is 3. The van der Waals surface area contributed by atoms with Crippen LogP contribution in [0.15, 0.2) is 12.1 Å². The van der Waals surface area contributed by atoms with E-state index in [2.05, 4.69) is 5.32 Å². The summed E-state index contributed by atoms with van der Waals surface area (Å²) in [4.78, 5) is 39.4. The Balaban J connectivity index is 1.57. The standard InChI is InChI=1S/C19H25N3O5/c1-26-15-9-13-5-7-21(11-14(13)10-16(15)27-2)18(24)3-4-19(25)22-8-6-20-17(23)12-22/h9-10H,3-8,11-12H2,1-2H3,(H,20,23). The van der Waals surface area contributed by atoms with Crippen molar-refractivity contribution in [1.82, 2.24) is 15.1 Å². The molecule has 0 atom stereocenters. The van der Waals surface area contributed by atoms with Gasteiger partial charge in [0.15, 0.2) is 11.5 Å². The van der Waals surface area contributed by atoms with Crippen molar-refractivity contribution in [2.75, 3.05) is 40.4 Å². The summed E-state index contributed by atoms with van der Waals surface area (Å²) in [7, 11) is 3.19. The van der Waals surface area contributed by atoms with E-state index in [-0.39, 0.29) is 37.1 Å². The molecule has 27 heavy (non-hydrogen) atoms. The normalized spacial score (nSPS) is 16.4. The van der Waals surface area contributed by atoms with Gasteiger partial charge in [0.2, 0.25) is 17.7 Å². The Morgan fingerprint density at radius 1 is 0.963 bits per heavy atom. The molecule has 1 aromatic rings. The van der Waals surface area contributed by atoms with Crippen LogP contribution in [-0.2, 0) is 27.3 Å². The highest BCUT2D eigenvalue weighted by Crippen LogP contribution is 2.33. The van der Waals surface area contributed by atoms with E-state index in [1.807, 2.05) is 12.1 Å². The van der Waals surface area contributed by atoms with Gasteiger partial charge in [-0.3, -0.25) is 14.4 Å². The lowest BCUT2D eigenvalue weighted by Crippen LogP contribution is -2.50. The molecule has 2 aliphatic heterocycles. The van der Waals surface area contributed by atoms with Crippen molar-refractivity contribution >= 4 is 17.7 Å². The largest absolute Gasteiger partial charge is 0.493 e. The molecule has 1 saturated heterocycles. The number of rotatable bonds is 5. The average molecular weight is 375 g/mol. The summed E-state index contributed by atoms with van der Waals surface area (Å²) in [6.07, 6.45) is 1.02. The van der Waals surface area contributed by atoms with Gasteiger partial charge in [-0.2, -0.15) is 0 Å². The smallest absolute Gasteiger partial charge is 0.239 e. The molecule has 0 aliphatic carbocycles. The van der Waals surface area contributed by atoms with Crippen molar-refractivity contribution in [2.45, 2.75) is 25.8 Å². The Hall–Kier alpha value is -2.77. The van der Waals surface area contributed by atoms with Gasteiger partial charge < -0.3 is 24.6 Å². The minimum absolute atomic E-state index is 0.0507. The second kappa shape index (κ2) is 8.28. The van der Waals surface area contributed by atoms with E-state index in [9.17, 15) is 14.4 Å². The molecule has 0 radical (unpaired) electrons. The van der Waals surface area contributed by atoms with Gasteiger partial charge in [0.05, 0.1) is 20.8 Å². The Morgan fingerprint density at radius 2 is 1.56 bits per heavy atom. The van der Waals surface area contributed by atoms with Crippen LogP contribution >= 0.6 is 0 Å². The summed E-state index contributed by atoms with van der Waals surface area (Å²) < 4.78 is 10.7. The maximum Gasteiger partial charge on any atom is 0.239 e. The van der Waals surface area contributed by atoms with Gasteiger partial charge in [-0.15, -0.1) is 0 Å². The van der Waals surface area contributed by atoms with Crippen molar-refractivity contribution in [1.29, 1.82) is 0 Å². The van der Waals surface area contributed by atoms with Crippen LogP contribution in [0.1, 0.15) is 24.0 Å². The highest BCUT2D eigenvalue weighted by Gasteiger charge is 2.25. The number of nitrogens with one attached hydrogen (secondary N) is 1. The molecule has 3 rings (SSSR count). The van der Waals surface area contributed by atoms with Crippen LogP contribution in [0.4, 0.5) is 0 Å². The van der Waals surface area contributed by atoms with Crippen molar-refractivity contribution in [3.8, 4) is 11.5 Å². The van der Waals surface area contributed by atoms with Gasteiger partial charge in [0.1, 0.15) is 0 Å². The van der Waals surface area contributed by atoms with Crippen molar-refractivity contribution in [3.05, 3.63) is 23.3 Å². The summed E-state index contributed by atoms with van der Waals surface area (Å²) >= 11 is 0. The second-order valence-corrected chi connectivity index (χ2v) is 6.71. The fraction of sp³-hybridized carbons (Fsp3) is 0.526. The quantitative estimate of drug-likeness (QED) is 0.801. The molecule has 2 aliphatic rings. The minimum Gasteiger partial charge on any atom is -0.493 e. The van der Waals surface area contributed by atoms with Crippen molar-refractivity contribution < 1.29 is 23.9 Å². The maximum absolute atomic E-state index is 12.6. The highest BCUT2D eigenvalue weighted by molar-refractivity contribution is 5.88. The van der Waals surface area contributed by atoms with Gasteiger partial charge in [0.25, 0.3) is 0 Å². The molecule has 1 fully saturated rings. The van der Waals surface area contributed by atoms with Gasteiger partial charge >= 0.3 is 0 Å². The van der Waals surface area contributed by atoms with E-state index in [0.29, 0.717) is 37.7 Å². The highest BCUT2D eigenvalue weighted by atomic mass is 16.5. The lowest BCUT2D eigenvalue weighted by atomic mass is 9.98. The summed E-state index contributed by atoms with van der Waals surface area (Å²) in [6, 6.07) is 3.87. The summed E-state index contributed by atoms with van der Waals surface area (Å²) in [6.45, 7) is 2.15. The van der Waals surface area contributed by atoms with Crippen LogP contribution in [0, 0.1) is 0 Å². The van der Waals surface area contributed by atoms with Crippen molar-refractivity contribution in [3.63, 3.8) is 0 Å². The topological polar surface area (TPSA) is 88.2 Å². The van der Waals surface area contributed by atoms with E-state index in [0.717, 1.165) is 17.5 Å². The monoisotopic (exact) mass is 375 g/mol. The zero-order valence-corrected chi connectivity index (χ0v) is 15.7. The Labute approximate surface area is 158 Å². The Kier molecular flexibility index (Phi) is 5.83. The van der Waals surface area contributed by atoms with E-state index in [1.165, 1.54) is 4.90 Å². The number of ether oxygens (including phenoxy) is 2. The molecule has 1 aromatic carbocycles. The van der Waals surface area contributed by atoms with E-state index >= 15 is 0 Å². The number of benzene rings is 1. The van der Waals surface area contributed by atoms with Crippen LogP contribution in [0.25, 0.3) is 0 Å². The van der Waals surface area contributed by atoms with Gasteiger partial charge in [-0.25, -0.2) is 0 Å². The number of hydrogen-bond acceptors (Lipinski definition) is 5. The molecule has 0 spiro atoms. The van der Waals surface area contributed by atoms with E-state index in [1.54, 1.807) is 19.1 Å². The molecule has 0 unspecified atom stereocenters. The third-order valence-corrected chi connectivity index (χ3v) is 5.01. The lowest BCUT2D eigenvalue weighted by molar-refractivity contribution is -0.140. The summed E-state index contributed by atoms with van der Waals surface area (Å²) in [5.74, 6) is 0.974. The third-order valence-electron chi connectivity index (χ3n) is 5.01. The number of nitrogens with zero attached hydrogens (tertiary/aromatic N) is 2. The summed E-state index contributed by atoms with van der Waals surface area (Å²) in [5, 5.41) is 2.68. The molecule has 146 valence electrons. The molecule has 0 aromatic heterocycles. The fourth-order valence-corrected chi connectivity index (χ4v) is 3.48. The average Bonchev–Trinajstić information content (AvgIpc) is 2.70. The molecule has 8 nitrogen and oxygen atoms in total. The SMILES string of the molecule is COc1cc2c(cc1OC)CN(C(=O)CCC(=O)N1CCNC(=O)C1)CC2. The fourth-order valence-electron chi connectivity index (χ4n) is 3.48. The first kappa shape index (κ1) is 19.0.